The summed E-state index contributed by atoms with van der Waals surface area (Å²) in [4.78, 5) is 22.6. The SMILES string of the molecule is COc1ccc(S(=O)(=O)c2c(C)c(NC(=O)c3cccc([N+](=O)[O-])c3)cc(C)c2O)cc1. The number of nitro benzene ring substituents is 1. The molecule has 0 fully saturated rings. The van der Waals surface area contributed by atoms with Gasteiger partial charge in [0, 0.05) is 23.4 Å². The fourth-order valence-corrected chi connectivity index (χ4v) is 4.82. The molecule has 166 valence electrons. The highest BCUT2D eigenvalue weighted by Gasteiger charge is 2.27. The van der Waals surface area contributed by atoms with Crippen molar-refractivity contribution in [2.75, 3.05) is 12.4 Å². The largest absolute Gasteiger partial charge is 0.506 e. The number of amides is 1. The van der Waals surface area contributed by atoms with Crippen molar-refractivity contribution < 1.29 is 28.0 Å². The van der Waals surface area contributed by atoms with E-state index < -0.39 is 26.4 Å². The van der Waals surface area contributed by atoms with E-state index in [1.165, 1.54) is 69.5 Å². The Balaban J connectivity index is 2.06. The number of phenols is 1. The standard InChI is InChI=1S/C22H20N2O7S/c1-13-11-19(23-22(26)15-5-4-6-16(12-15)24(27)28)14(2)21(20(13)25)32(29,30)18-9-7-17(31-3)8-10-18/h4-12,25H,1-3H3,(H,23,26). The normalized spacial score (nSPS) is 11.1. The summed E-state index contributed by atoms with van der Waals surface area (Å²) < 4.78 is 31.6. The Morgan fingerprint density at radius 1 is 1.09 bits per heavy atom. The van der Waals surface area contributed by atoms with E-state index in [4.69, 9.17) is 4.74 Å². The fourth-order valence-electron chi connectivity index (χ4n) is 3.16. The van der Waals surface area contributed by atoms with E-state index in [1.54, 1.807) is 0 Å². The molecule has 0 aliphatic carbocycles. The highest BCUT2D eigenvalue weighted by molar-refractivity contribution is 7.91. The third kappa shape index (κ3) is 4.26. The molecule has 1 amide bonds. The van der Waals surface area contributed by atoms with Crippen LogP contribution in [0.25, 0.3) is 0 Å². The summed E-state index contributed by atoms with van der Waals surface area (Å²) in [5.74, 6) is -0.611. The van der Waals surface area contributed by atoms with Crippen molar-refractivity contribution in [2.24, 2.45) is 0 Å². The number of anilines is 1. The summed E-state index contributed by atoms with van der Waals surface area (Å²) in [5.41, 5.74) is 0.298. The average Bonchev–Trinajstić information content (AvgIpc) is 2.77. The van der Waals surface area contributed by atoms with E-state index in [2.05, 4.69) is 5.32 Å². The molecule has 9 nitrogen and oxygen atoms in total. The maximum atomic E-state index is 13.3. The zero-order valence-corrected chi connectivity index (χ0v) is 18.3. The van der Waals surface area contributed by atoms with Crippen molar-refractivity contribution in [3.05, 3.63) is 81.4 Å². The molecule has 0 bridgehead atoms. The maximum Gasteiger partial charge on any atom is 0.270 e. The number of methoxy groups -OCH3 is 1. The Hall–Kier alpha value is -3.92. The van der Waals surface area contributed by atoms with Gasteiger partial charge in [0.2, 0.25) is 9.84 Å². The summed E-state index contributed by atoms with van der Waals surface area (Å²) in [6, 6.07) is 12.3. The number of carbonyl (C=O) groups is 1. The zero-order chi connectivity index (χ0) is 23.6. The number of carbonyl (C=O) groups excluding carboxylic acids is 1. The second-order valence-corrected chi connectivity index (χ2v) is 8.87. The van der Waals surface area contributed by atoms with Crippen molar-refractivity contribution >= 4 is 27.1 Å². The minimum Gasteiger partial charge on any atom is -0.506 e. The van der Waals surface area contributed by atoms with Gasteiger partial charge in [-0.3, -0.25) is 14.9 Å². The van der Waals surface area contributed by atoms with Crippen LogP contribution in [-0.2, 0) is 9.84 Å². The molecule has 2 N–H and O–H groups in total. The number of aromatic hydroxyl groups is 1. The predicted octanol–water partition coefficient (Wildman–Crippen LogP) is 4.01. The van der Waals surface area contributed by atoms with E-state index >= 15 is 0 Å². The van der Waals surface area contributed by atoms with Gasteiger partial charge in [0.1, 0.15) is 16.4 Å². The molecule has 3 aromatic rings. The molecule has 0 radical (unpaired) electrons. The van der Waals surface area contributed by atoms with E-state index in [0.717, 1.165) is 6.07 Å². The van der Waals surface area contributed by atoms with Crippen molar-refractivity contribution in [1.29, 1.82) is 0 Å². The predicted molar refractivity (Wildman–Crippen MR) is 117 cm³/mol. The smallest absolute Gasteiger partial charge is 0.270 e. The van der Waals surface area contributed by atoms with Gasteiger partial charge >= 0.3 is 0 Å². The summed E-state index contributed by atoms with van der Waals surface area (Å²) in [7, 11) is -2.68. The van der Waals surface area contributed by atoms with E-state index in [0.29, 0.717) is 5.75 Å². The summed E-state index contributed by atoms with van der Waals surface area (Å²) in [5, 5.41) is 24.1. The number of non-ortho nitro benzene ring substituents is 1. The Morgan fingerprint density at radius 2 is 1.75 bits per heavy atom. The number of aryl methyl sites for hydroxylation is 1. The van der Waals surface area contributed by atoms with Gasteiger partial charge in [-0.25, -0.2) is 8.42 Å². The maximum absolute atomic E-state index is 13.3. The second-order valence-electron chi connectivity index (χ2n) is 6.98. The topological polar surface area (TPSA) is 136 Å². The summed E-state index contributed by atoms with van der Waals surface area (Å²) in [6.07, 6.45) is 0. The number of benzene rings is 3. The van der Waals surface area contributed by atoms with Gasteiger partial charge in [0.25, 0.3) is 11.6 Å². The molecule has 0 saturated heterocycles. The van der Waals surface area contributed by atoms with Crippen molar-refractivity contribution in [3.8, 4) is 11.5 Å². The van der Waals surface area contributed by atoms with Gasteiger partial charge < -0.3 is 15.2 Å². The van der Waals surface area contributed by atoms with Crippen molar-refractivity contribution in [2.45, 2.75) is 23.6 Å². The third-order valence-corrected chi connectivity index (χ3v) is 6.83. The Bertz CT molecular complexity index is 1320. The number of hydrogen-bond donors (Lipinski definition) is 2. The molecule has 0 aliphatic rings. The van der Waals surface area contributed by atoms with Crippen LogP contribution in [0.3, 0.4) is 0 Å². The number of hydrogen-bond acceptors (Lipinski definition) is 7. The lowest BCUT2D eigenvalue weighted by atomic mass is 10.1. The summed E-state index contributed by atoms with van der Waals surface area (Å²) >= 11 is 0. The highest BCUT2D eigenvalue weighted by Crippen LogP contribution is 2.38. The van der Waals surface area contributed by atoms with Crippen LogP contribution >= 0.6 is 0 Å². The van der Waals surface area contributed by atoms with Gasteiger partial charge in [-0.15, -0.1) is 0 Å². The molecule has 0 aromatic heterocycles. The molecule has 0 atom stereocenters. The van der Waals surface area contributed by atoms with Crippen molar-refractivity contribution in [1.82, 2.24) is 0 Å². The first-order valence-electron chi connectivity index (χ1n) is 9.34. The minimum absolute atomic E-state index is 0.0314. The average molecular weight is 456 g/mol. The second kappa shape index (κ2) is 8.67. The van der Waals surface area contributed by atoms with Crippen LogP contribution in [0, 0.1) is 24.0 Å². The van der Waals surface area contributed by atoms with Gasteiger partial charge in [0.05, 0.1) is 16.9 Å². The first kappa shape index (κ1) is 22.8. The molecule has 10 heteroatoms. The van der Waals surface area contributed by atoms with Gasteiger partial charge in [-0.05, 0) is 61.4 Å². The Morgan fingerprint density at radius 3 is 2.34 bits per heavy atom. The van der Waals surface area contributed by atoms with E-state index in [-0.39, 0.29) is 37.9 Å². The van der Waals surface area contributed by atoms with Crippen LogP contribution in [0.4, 0.5) is 11.4 Å². The number of nitrogens with zero attached hydrogens (tertiary/aromatic N) is 1. The van der Waals surface area contributed by atoms with Crippen LogP contribution in [0.5, 0.6) is 11.5 Å². The molecule has 0 aliphatic heterocycles. The number of nitrogens with one attached hydrogen (secondary N) is 1. The number of phenolic OH excluding ortho intramolecular Hbond substituents is 1. The number of sulfone groups is 1. The van der Waals surface area contributed by atoms with Gasteiger partial charge in [-0.2, -0.15) is 0 Å². The van der Waals surface area contributed by atoms with Crippen LogP contribution in [0.2, 0.25) is 0 Å². The Labute approximate surface area is 184 Å². The van der Waals surface area contributed by atoms with Crippen LogP contribution in [0.1, 0.15) is 21.5 Å². The molecular formula is C22H20N2O7S. The number of rotatable bonds is 6. The first-order chi connectivity index (χ1) is 15.1. The fraction of sp³-hybridized carbons (Fsp3) is 0.136. The van der Waals surface area contributed by atoms with Crippen LogP contribution in [-0.4, -0.2) is 31.5 Å². The van der Waals surface area contributed by atoms with E-state index in [9.17, 15) is 28.4 Å². The molecule has 0 heterocycles. The monoisotopic (exact) mass is 456 g/mol. The van der Waals surface area contributed by atoms with Crippen molar-refractivity contribution in [3.63, 3.8) is 0 Å². The lowest BCUT2D eigenvalue weighted by Crippen LogP contribution is -2.15. The van der Waals surface area contributed by atoms with Gasteiger partial charge in [0.15, 0.2) is 0 Å². The molecule has 0 spiro atoms. The van der Waals surface area contributed by atoms with Crippen LogP contribution < -0.4 is 10.1 Å². The molecule has 0 unspecified atom stereocenters. The molecule has 3 aromatic carbocycles. The molecule has 32 heavy (non-hydrogen) atoms. The van der Waals surface area contributed by atoms with E-state index in [1.807, 2.05) is 0 Å². The number of ether oxygens (including phenoxy) is 1. The molecular weight excluding hydrogens is 436 g/mol. The lowest BCUT2D eigenvalue weighted by Gasteiger charge is -2.17. The number of nitro groups is 1. The first-order valence-corrected chi connectivity index (χ1v) is 10.8. The molecule has 3 rings (SSSR count). The zero-order valence-electron chi connectivity index (χ0n) is 17.4. The van der Waals surface area contributed by atoms with Crippen LogP contribution in [0.15, 0.2) is 64.4 Å². The third-order valence-electron chi connectivity index (χ3n) is 4.90. The quantitative estimate of drug-likeness (QED) is 0.325. The minimum atomic E-state index is -4.13. The Kier molecular flexibility index (Phi) is 6.17. The highest BCUT2D eigenvalue weighted by atomic mass is 32.2. The summed E-state index contributed by atoms with van der Waals surface area (Å²) in [6.45, 7) is 2.96. The lowest BCUT2D eigenvalue weighted by molar-refractivity contribution is -0.384. The molecule has 0 saturated carbocycles. The van der Waals surface area contributed by atoms with Gasteiger partial charge in [-0.1, -0.05) is 6.07 Å².